The molecule has 0 saturated carbocycles. The molecule has 1 atom stereocenters. The SMILES string of the molecule is CCCC/C=C\C/C=C\C(CCCCCCC(=O)O)OC(=O)CCCCCCCC/C=C\C/C=C\C/C=C\CCCCC. The topological polar surface area (TPSA) is 63.6 Å². The number of aliphatic carboxylic acids is 1. The highest BCUT2D eigenvalue weighted by molar-refractivity contribution is 5.69. The average molecular weight is 599 g/mol. The quantitative estimate of drug-likeness (QED) is 0.0490. The van der Waals surface area contributed by atoms with Crippen LogP contribution in [0.3, 0.4) is 0 Å². The van der Waals surface area contributed by atoms with Gasteiger partial charge in [-0.15, -0.1) is 0 Å². The first-order valence-electron chi connectivity index (χ1n) is 17.8. The van der Waals surface area contributed by atoms with Gasteiger partial charge < -0.3 is 9.84 Å². The van der Waals surface area contributed by atoms with Crippen LogP contribution in [0, 0.1) is 0 Å². The zero-order valence-electron chi connectivity index (χ0n) is 28.0. The van der Waals surface area contributed by atoms with Gasteiger partial charge in [0.05, 0.1) is 0 Å². The summed E-state index contributed by atoms with van der Waals surface area (Å²) in [4.78, 5) is 23.2. The van der Waals surface area contributed by atoms with Crippen LogP contribution in [0.5, 0.6) is 0 Å². The third-order valence-electron chi connectivity index (χ3n) is 7.45. The zero-order chi connectivity index (χ0) is 31.5. The maximum absolute atomic E-state index is 12.5. The molecule has 0 rings (SSSR count). The molecular weight excluding hydrogens is 532 g/mol. The van der Waals surface area contributed by atoms with E-state index in [2.05, 4.69) is 68.5 Å². The van der Waals surface area contributed by atoms with E-state index in [1.165, 1.54) is 64.2 Å². The molecule has 0 bridgehead atoms. The van der Waals surface area contributed by atoms with Gasteiger partial charge in [-0.05, 0) is 83.1 Å². The molecule has 4 nitrogen and oxygen atoms in total. The van der Waals surface area contributed by atoms with Crippen molar-refractivity contribution in [3.8, 4) is 0 Å². The molecule has 4 heteroatoms. The first kappa shape index (κ1) is 40.6. The molecule has 0 aromatic rings. The highest BCUT2D eigenvalue weighted by atomic mass is 16.5. The summed E-state index contributed by atoms with van der Waals surface area (Å²) in [5.41, 5.74) is 0. The van der Waals surface area contributed by atoms with Gasteiger partial charge >= 0.3 is 11.9 Å². The Labute approximate surface area is 265 Å². The van der Waals surface area contributed by atoms with E-state index in [1.807, 2.05) is 6.08 Å². The summed E-state index contributed by atoms with van der Waals surface area (Å²) < 4.78 is 5.82. The van der Waals surface area contributed by atoms with E-state index in [0.717, 1.165) is 70.6 Å². The number of rotatable bonds is 31. The second kappa shape index (κ2) is 34.1. The monoisotopic (exact) mass is 598 g/mol. The fourth-order valence-corrected chi connectivity index (χ4v) is 4.77. The summed E-state index contributed by atoms with van der Waals surface area (Å²) in [6.45, 7) is 4.44. The van der Waals surface area contributed by atoms with Gasteiger partial charge in [-0.2, -0.15) is 0 Å². The molecule has 0 radical (unpaired) electrons. The van der Waals surface area contributed by atoms with Crippen molar-refractivity contribution in [1.29, 1.82) is 0 Å². The van der Waals surface area contributed by atoms with Crippen LogP contribution in [0.25, 0.3) is 0 Å². The highest BCUT2D eigenvalue weighted by Gasteiger charge is 2.11. The molecule has 246 valence electrons. The molecule has 0 fully saturated rings. The number of carboxylic acids is 1. The molecule has 0 aliphatic carbocycles. The van der Waals surface area contributed by atoms with Gasteiger partial charge in [-0.1, -0.05) is 133 Å². The number of unbranched alkanes of at least 4 members (excludes halogenated alkanes) is 14. The van der Waals surface area contributed by atoms with Crippen molar-refractivity contribution in [3.05, 3.63) is 60.8 Å². The number of ether oxygens (including phenoxy) is 1. The second-order valence-electron chi connectivity index (χ2n) is 11.7. The van der Waals surface area contributed by atoms with Crippen molar-refractivity contribution in [3.63, 3.8) is 0 Å². The molecule has 0 saturated heterocycles. The normalized spacial score (nSPS) is 13.0. The predicted octanol–water partition coefficient (Wildman–Crippen LogP) is 12.2. The van der Waals surface area contributed by atoms with Crippen molar-refractivity contribution in [2.24, 2.45) is 0 Å². The summed E-state index contributed by atoms with van der Waals surface area (Å²) in [6.07, 6.45) is 46.8. The van der Waals surface area contributed by atoms with E-state index < -0.39 is 5.97 Å². The van der Waals surface area contributed by atoms with E-state index in [-0.39, 0.29) is 18.5 Å². The fraction of sp³-hybridized carbons (Fsp3) is 0.692. The van der Waals surface area contributed by atoms with Crippen LogP contribution in [0.1, 0.15) is 168 Å². The van der Waals surface area contributed by atoms with Gasteiger partial charge in [-0.3, -0.25) is 9.59 Å². The number of carbonyl (C=O) groups is 2. The Balaban J connectivity index is 4.00. The van der Waals surface area contributed by atoms with Crippen LogP contribution in [-0.2, 0) is 14.3 Å². The molecule has 0 aromatic heterocycles. The van der Waals surface area contributed by atoms with E-state index in [1.54, 1.807) is 0 Å². The summed E-state index contributed by atoms with van der Waals surface area (Å²) in [5, 5.41) is 8.79. The lowest BCUT2D eigenvalue weighted by Gasteiger charge is -2.14. The lowest BCUT2D eigenvalue weighted by Crippen LogP contribution is -2.16. The molecule has 0 aromatic carbocycles. The van der Waals surface area contributed by atoms with Crippen LogP contribution in [0.15, 0.2) is 60.8 Å². The van der Waals surface area contributed by atoms with Gasteiger partial charge in [0.2, 0.25) is 0 Å². The minimum Gasteiger partial charge on any atom is -0.481 e. The summed E-state index contributed by atoms with van der Waals surface area (Å²) >= 11 is 0. The van der Waals surface area contributed by atoms with Crippen LogP contribution < -0.4 is 0 Å². The number of carbonyl (C=O) groups excluding carboxylic acids is 1. The lowest BCUT2D eigenvalue weighted by molar-refractivity contribution is -0.147. The van der Waals surface area contributed by atoms with Crippen molar-refractivity contribution in [2.75, 3.05) is 0 Å². The zero-order valence-corrected chi connectivity index (χ0v) is 28.0. The van der Waals surface area contributed by atoms with Gasteiger partial charge in [0.1, 0.15) is 6.10 Å². The molecule has 0 aliphatic rings. The Morgan fingerprint density at radius 3 is 1.60 bits per heavy atom. The summed E-state index contributed by atoms with van der Waals surface area (Å²) in [6, 6.07) is 0. The Kier molecular flexibility index (Phi) is 32.3. The third kappa shape index (κ3) is 34.0. The maximum Gasteiger partial charge on any atom is 0.306 e. The van der Waals surface area contributed by atoms with E-state index in [0.29, 0.717) is 12.8 Å². The van der Waals surface area contributed by atoms with Crippen LogP contribution in [-0.4, -0.2) is 23.1 Å². The van der Waals surface area contributed by atoms with Crippen LogP contribution >= 0.6 is 0 Å². The van der Waals surface area contributed by atoms with Gasteiger partial charge in [0.25, 0.3) is 0 Å². The summed E-state index contributed by atoms with van der Waals surface area (Å²) in [7, 11) is 0. The number of hydrogen-bond donors (Lipinski definition) is 1. The Morgan fingerprint density at radius 1 is 0.535 bits per heavy atom. The summed E-state index contributed by atoms with van der Waals surface area (Å²) in [5.74, 6) is -0.828. The molecule has 0 spiro atoms. The average Bonchev–Trinajstić information content (AvgIpc) is 2.99. The molecular formula is C39H66O4. The number of allylic oxidation sites excluding steroid dienone is 9. The van der Waals surface area contributed by atoms with Crippen molar-refractivity contribution in [1.82, 2.24) is 0 Å². The van der Waals surface area contributed by atoms with Gasteiger partial charge in [0.15, 0.2) is 0 Å². The first-order chi connectivity index (χ1) is 21.1. The number of hydrogen-bond acceptors (Lipinski definition) is 3. The van der Waals surface area contributed by atoms with E-state index in [4.69, 9.17) is 9.84 Å². The molecule has 43 heavy (non-hydrogen) atoms. The van der Waals surface area contributed by atoms with Crippen molar-refractivity contribution >= 4 is 11.9 Å². The van der Waals surface area contributed by atoms with E-state index in [9.17, 15) is 9.59 Å². The van der Waals surface area contributed by atoms with E-state index >= 15 is 0 Å². The minimum atomic E-state index is -0.732. The van der Waals surface area contributed by atoms with Crippen molar-refractivity contribution in [2.45, 2.75) is 174 Å². The largest absolute Gasteiger partial charge is 0.481 e. The fourth-order valence-electron chi connectivity index (χ4n) is 4.77. The smallest absolute Gasteiger partial charge is 0.306 e. The van der Waals surface area contributed by atoms with Gasteiger partial charge in [0, 0.05) is 12.8 Å². The maximum atomic E-state index is 12.5. The molecule has 1 unspecified atom stereocenters. The highest BCUT2D eigenvalue weighted by Crippen LogP contribution is 2.14. The molecule has 0 amide bonds. The standard InChI is InChI=1S/C39H66O4/c1-3-5-7-9-11-12-13-14-15-16-17-18-19-20-21-22-24-26-32-36-39(42)43-37(33-29-25-23-10-8-6-4-2)34-30-27-28-31-35-38(40)41/h10-12,14-15,17-18,23,29,33,37H,3-9,13,16,19-22,24-28,30-32,34-36H2,1-2H3,(H,40,41)/b12-11-,15-14-,18-17-,23-10-,33-29-. The number of carboxylic acid groups (broad SMARTS) is 1. The molecule has 1 N–H and O–H groups in total. The molecule has 0 heterocycles. The lowest BCUT2D eigenvalue weighted by atomic mass is 10.1. The van der Waals surface area contributed by atoms with Crippen LogP contribution in [0.4, 0.5) is 0 Å². The van der Waals surface area contributed by atoms with Crippen LogP contribution in [0.2, 0.25) is 0 Å². The van der Waals surface area contributed by atoms with Crippen molar-refractivity contribution < 1.29 is 19.4 Å². The molecule has 0 aliphatic heterocycles. The third-order valence-corrected chi connectivity index (χ3v) is 7.45. The Bertz CT molecular complexity index is 774. The second-order valence-corrected chi connectivity index (χ2v) is 11.7. The minimum absolute atomic E-state index is 0.0961. The predicted molar refractivity (Wildman–Crippen MR) is 185 cm³/mol. The first-order valence-corrected chi connectivity index (χ1v) is 17.8. The Morgan fingerprint density at radius 2 is 1.00 bits per heavy atom. The Hall–Kier alpha value is -2.36. The number of esters is 1. The van der Waals surface area contributed by atoms with Gasteiger partial charge in [-0.25, -0.2) is 0 Å².